The van der Waals surface area contributed by atoms with Crippen LogP contribution in [0.25, 0.3) is 22.2 Å². The van der Waals surface area contributed by atoms with Crippen LogP contribution in [0.4, 0.5) is 8.78 Å². The monoisotopic (exact) mass is 414 g/mol. The Morgan fingerprint density at radius 3 is 2.57 bits per heavy atom. The molecule has 1 aliphatic heterocycles. The summed E-state index contributed by atoms with van der Waals surface area (Å²) in [5.41, 5.74) is 1.69. The Morgan fingerprint density at radius 1 is 1.20 bits per heavy atom. The van der Waals surface area contributed by atoms with Gasteiger partial charge in [-0.2, -0.15) is 0 Å². The third-order valence-electron chi connectivity index (χ3n) is 5.39. The maximum Gasteiger partial charge on any atom is 0.258 e. The second kappa shape index (κ2) is 8.39. The molecule has 0 saturated carbocycles. The molecule has 158 valence electrons. The predicted octanol–water partition coefficient (Wildman–Crippen LogP) is 3.59. The van der Waals surface area contributed by atoms with Gasteiger partial charge in [0.05, 0.1) is 12.0 Å². The van der Waals surface area contributed by atoms with Crippen LogP contribution in [-0.4, -0.2) is 54.6 Å². The quantitative estimate of drug-likeness (QED) is 0.670. The fraction of sp³-hybridized carbons (Fsp3) is 0.364. The standard InChI is InChI=1S/C22H24F2N4O2/c1-28(2)22(29)18-11-27-21-19(20(18)30-12-13-3-5-25-6-4-13)17(10-26-21)14-7-15(23)9-16(24)8-14/h7-11,13,25H,3-6,12H2,1-2H3,(H,26,27). The number of nitrogens with zero attached hydrogens (tertiary/aromatic N) is 2. The van der Waals surface area contributed by atoms with Gasteiger partial charge >= 0.3 is 0 Å². The van der Waals surface area contributed by atoms with Gasteiger partial charge < -0.3 is 19.9 Å². The summed E-state index contributed by atoms with van der Waals surface area (Å²) >= 11 is 0. The van der Waals surface area contributed by atoms with Crippen LogP contribution in [0.1, 0.15) is 23.2 Å². The van der Waals surface area contributed by atoms with Gasteiger partial charge in [0.25, 0.3) is 5.91 Å². The third kappa shape index (κ3) is 4.00. The van der Waals surface area contributed by atoms with Crippen LogP contribution in [0.5, 0.6) is 5.75 Å². The highest BCUT2D eigenvalue weighted by Gasteiger charge is 2.24. The fourth-order valence-corrected chi connectivity index (χ4v) is 3.80. The van der Waals surface area contributed by atoms with Gasteiger partial charge in [0.15, 0.2) is 0 Å². The minimum Gasteiger partial charge on any atom is -0.492 e. The topological polar surface area (TPSA) is 70.2 Å². The van der Waals surface area contributed by atoms with Crippen LogP contribution in [-0.2, 0) is 0 Å². The zero-order valence-corrected chi connectivity index (χ0v) is 17.0. The second-order valence-corrected chi connectivity index (χ2v) is 7.79. The fourth-order valence-electron chi connectivity index (χ4n) is 3.80. The van der Waals surface area contributed by atoms with Gasteiger partial charge in [-0.3, -0.25) is 4.79 Å². The summed E-state index contributed by atoms with van der Waals surface area (Å²) < 4.78 is 33.9. The van der Waals surface area contributed by atoms with Crippen molar-refractivity contribution >= 4 is 16.9 Å². The van der Waals surface area contributed by atoms with Crippen molar-refractivity contribution in [2.45, 2.75) is 12.8 Å². The highest BCUT2D eigenvalue weighted by atomic mass is 19.1. The minimum absolute atomic E-state index is 0.248. The minimum atomic E-state index is -0.676. The molecule has 0 aliphatic carbocycles. The third-order valence-corrected chi connectivity index (χ3v) is 5.39. The van der Waals surface area contributed by atoms with E-state index in [1.54, 1.807) is 20.3 Å². The van der Waals surface area contributed by atoms with Crippen molar-refractivity contribution in [1.82, 2.24) is 20.2 Å². The van der Waals surface area contributed by atoms with Crippen molar-refractivity contribution in [1.29, 1.82) is 0 Å². The highest BCUT2D eigenvalue weighted by Crippen LogP contribution is 2.38. The summed E-state index contributed by atoms with van der Waals surface area (Å²) in [5.74, 6) is -0.846. The smallest absolute Gasteiger partial charge is 0.258 e. The van der Waals surface area contributed by atoms with Crippen molar-refractivity contribution < 1.29 is 18.3 Å². The molecule has 0 spiro atoms. The number of carbonyl (C=O) groups excluding carboxylic acids is 1. The molecule has 2 N–H and O–H groups in total. The first-order valence-electron chi connectivity index (χ1n) is 9.95. The molecule has 30 heavy (non-hydrogen) atoms. The van der Waals surface area contributed by atoms with E-state index in [4.69, 9.17) is 4.74 Å². The Morgan fingerprint density at radius 2 is 1.90 bits per heavy atom. The normalized spacial score (nSPS) is 14.8. The first-order chi connectivity index (χ1) is 14.4. The molecule has 0 unspecified atom stereocenters. The Balaban J connectivity index is 1.83. The van der Waals surface area contributed by atoms with Gasteiger partial charge in [-0.1, -0.05) is 0 Å². The van der Waals surface area contributed by atoms with E-state index >= 15 is 0 Å². The number of piperidine rings is 1. The summed E-state index contributed by atoms with van der Waals surface area (Å²) in [4.78, 5) is 21.6. The van der Waals surface area contributed by atoms with Crippen LogP contribution < -0.4 is 10.1 Å². The summed E-state index contributed by atoms with van der Waals surface area (Å²) in [5, 5.41) is 3.86. The van der Waals surface area contributed by atoms with E-state index in [-0.39, 0.29) is 5.91 Å². The van der Waals surface area contributed by atoms with E-state index in [1.165, 1.54) is 23.2 Å². The Hall–Kier alpha value is -3.00. The Labute approximate surface area is 173 Å². The Kier molecular flexibility index (Phi) is 5.67. The lowest BCUT2D eigenvalue weighted by Crippen LogP contribution is -2.31. The summed E-state index contributed by atoms with van der Waals surface area (Å²) in [7, 11) is 3.31. The first kappa shape index (κ1) is 20.3. The number of ether oxygens (including phenoxy) is 1. The molecule has 3 aromatic rings. The number of rotatable bonds is 5. The van der Waals surface area contributed by atoms with Crippen LogP contribution in [0, 0.1) is 17.6 Å². The molecule has 2 aromatic heterocycles. The summed E-state index contributed by atoms with van der Waals surface area (Å²) in [6.07, 6.45) is 5.09. The number of hydrogen-bond acceptors (Lipinski definition) is 4. The molecule has 1 saturated heterocycles. The van der Waals surface area contributed by atoms with Crippen LogP contribution in [0.15, 0.2) is 30.6 Å². The number of aromatic nitrogens is 2. The average molecular weight is 414 g/mol. The van der Waals surface area contributed by atoms with E-state index in [1.807, 2.05) is 0 Å². The number of hydrogen-bond donors (Lipinski definition) is 2. The van der Waals surface area contributed by atoms with Crippen LogP contribution in [0.2, 0.25) is 0 Å². The van der Waals surface area contributed by atoms with Gasteiger partial charge in [0.1, 0.15) is 28.6 Å². The molecule has 1 aromatic carbocycles. The van der Waals surface area contributed by atoms with Crippen molar-refractivity contribution in [2.24, 2.45) is 5.92 Å². The van der Waals surface area contributed by atoms with Gasteiger partial charge in [0, 0.05) is 38.1 Å². The van der Waals surface area contributed by atoms with E-state index in [0.717, 1.165) is 32.0 Å². The number of pyridine rings is 1. The van der Waals surface area contributed by atoms with Crippen LogP contribution >= 0.6 is 0 Å². The molecule has 8 heteroatoms. The molecule has 1 amide bonds. The lowest BCUT2D eigenvalue weighted by molar-refractivity contribution is 0.0821. The van der Waals surface area contributed by atoms with Crippen LogP contribution in [0.3, 0.4) is 0 Å². The predicted molar refractivity (Wildman–Crippen MR) is 111 cm³/mol. The number of amides is 1. The lowest BCUT2D eigenvalue weighted by Gasteiger charge is -2.24. The number of H-pyrrole nitrogens is 1. The van der Waals surface area contributed by atoms with Crippen molar-refractivity contribution in [3.63, 3.8) is 0 Å². The maximum atomic E-state index is 13.9. The number of benzene rings is 1. The highest BCUT2D eigenvalue weighted by molar-refractivity contribution is 6.06. The summed E-state index contributed by atoms with van der Waals surface area (Å²) in [6.45, 7) is 2.32. The number of aromatic amines is 1. The molecular formula is C22H24F2N4O2. The average Bonchev–Trinajstić information content (AvgIpc) is 3.16. The maximum absolute atomic E-state index is 13.9. The molecule has 1 aliphatic rings. The molecule has 0 bridgehead atoms. The number of halogens is 2. The number of carbonyl (C=O) groups is 1. The Bertz CT molecular complexity index is 1050. The molecule has 1 fully saturated rings. The van der Waals surface area contributed by atoms with Gasteiger partial charge in [0.2, 0.25) is 0 Å². The van der Waals surface area contributed by atoms with E-state index in [2.05, 4.69) is 15.3 Å². The molecule has 4 rings (SSSR count). The van der Waals surface area contributed by atoms with Crippen molar-refractivity contribution in [3.8, 4) is 16.9 Å². The number of fused-ring (bicyclic) bond motifs is 1. The van der Waals surface area contributed by atoms with E-state index < -0.39 is 11.6 Å². The zero-order valence-electron chi connectivity index (χ0n) is 17.0. The van der Waals surface area contributed by atoms with E-state index in [9.17, 15) is 13.6 Å². The largest absolute Gasteiger partial charge is 0.492 e. The first-order valence-corrected chi connectivity index (χ1v) is 9.95. The lowest BCUT2D eigenvalue weighted by atomic mass is 9.99. The van der Waals surface area contributed by atoms with Crippen molar-refractivity contribution in [3.05, 3.63) is 47.8 Å². The molecule has 0 atom stereocenters. The molecule has 0 radical (unpaired) electrons. The summed E-state index contributed by atoms with van der Waals surface area (Å²) in [6, 6.07) is 3.33. The molecule has 3 heterocycles. The van der Waals surface area contributed by atoms with Gasteiger partial charge in [-0.25, -0.2) is 13.8 Å². The van der Waals surface area contributed by atoms with Gasteiger partial charge in [-0.05, 0) is 49.5 Å². The number of nitrogens with one attached hydrogen (secondary N) is 2. The second-order valence-electron chi connectivity index (χ2n) is 7.79. The zero-order chi connectivity index (χ0) is 21.3. The molecule has 6 nitrogen and oxygen atoms in total. The van der Waals surface area contributed by atoms with E-state index in [0.29, 0.717) is 46.0 Å². The molecular weight excluding hydrogens is 390 g/mol. The SMILES string of the molecule is CN(C)C(=O)c1cnc2[nH]cc(-c3cc(F)cc(F)c3)c2c1OCC1CCNCC1. The van der Waals surface area contributed by atoms with Gasteiger partial charge in [-0.15, -0.1) is 0 Å². The van der Waals surface area contributed by atoms with Crippen molar-refractivity contribution in [2.75, 3.05) is 33.8 Å².